The first kappa shape index (κ1) is 14.6. The average Bonchev–Trinajstić information content (AvgIpc) is 3.26. The molecule has 22 heavy (non-hydrogen) atoms. The van der Waals surface area contributed by atoms with Crippen LogP contribution >= 0.6 is 0 Å². The van der Waals surface area contributed by atoms with E-state index < -0.39 is 0 Å². The van der Waals surface area contributed by atoms with Gasteiger partial charge in [0.2, 0.25) is 0 Å². The number of rotatable bonds is 8. The van der Waals surface area contributed by atoms with Gasteiger partial charge in [0.1, 0.15) is 17.3 Å². The number of aromatic nitrogens is 6. The standard InChI is InChI=1S/C16H22N6/c1-2-3-5-15-20-12-13(21-15)16-19-9-11-22(16)10-4-6-14-17-7-8-18-14/h7-9,11-12H,2-6,10H2,1H3,(H,17,18)(H,20,21). The lowest BCUT2D eigenvalue weighted by Crippen LogP contribution is -2.02. The third-order valence-electron chi connectivity index (χ3n) is 3.72. The third-order valence-corrected chi connectivity index (χ3v) is 3.72. The van der Waals surface area contributed by atoms with Gasteiger partial charge in [0.15, 0.2) is 5.82 Å². The molecule has 0 unspecified atom stereocenters. The number of aryl methyl sites for hydroxylation is 3. The second-order valence-corrected chi connectivity index (χ2v) is 5.43. The van der Waals surface area contributed by atoms with Crippen LogP contribution in [0.3, 0.4) is 0 Å². The molecule has 0 bridgehead atoms. The molecular formula is C16H22N6. The predicted molar refractivity (Wildman–Crippen MR) is 85.3 cm³/mol. The van der Waals surface area contributed by atoms with Gasteiger partial charge in [-0.2, -0.15) is 0 Å². The van der Waals surface area contributed by atoms with Crippen molar-refractivity contribution in [1.29, 1.82) is 0 Å². The molecule has 0 atom stereocenters. The van der Waals surface area contributed by atoms with Gasteiger partial charge in [-0.3, -0.25) is 0 Å². The minimum atomic E-state index is 0.916. The Hall–Kier alpha value is -2.37. The van der Waals surface area contributed by atoms with Gasteiger partial charge < -0.3 is 14.5 Å². The molecule has 0 saturated heterocycles. The number of imidazole rings is 3. The SMILES string of the molecule is CCCCc1ncc(-c2nccn2CCCc2ncc[nH]2)[nH]1. The van der Waals surface area contributed by atoms with Crippen LogP contribution in [-0.2, 0) is 19.4 Å². The fraction of sp³-hybridized carbons (Fsp3) is 0.438. The predicted octanol–water partition coefficient (Wildman–Crippen LogP) is 2.97. The molecule has 0 radical (unpaired) electrons. The molecule has 6 nitrogen and oxygen atoms in total. The number of H-pyrrole nitrogens is 2. The van der Waals surface area contributed by atoms with Crippen LogP contribution in [0.1, 0.15) is 37.8 Å². The van der Waals surface area contributed by atoms with Crippen LogP contribution in [0.15, 0.2) is 31.0 Å². The maximum absolute atomic E-state index is 4.46. The third kappa shape index (κ3) is 3.44. The Balaban J connectivity index is 1.62. The van der Waals surface area contributed by atoms with Crippen molar-refractivity contribution in [3.05, 3.63) is 42.6 Å². The topological polar surface area (TPSA) is 75.2 Å². The highest BCUT2D eigenvalue weighted by Gasteiger charge is 2.09. The van der Waals surface area contributed by atoms with Crippen LogP contribution in [0, 0.1) is 0 Å². The first-order chi connectivity index (χ1) is 10.9. The van der Waals surface area contributed by atoms with Crippen molar-refractivity contribution in [3.8, 4) is 11.5 Å². The van der Waals surface area contributed by atoms with Gasteiger partial charge in [0.25, 0.3) is 0 Å². The smallest absolute Gasteiger partial charge is 0.158 e. The summed E-state index contributed by atoms with van der Waals surface area (Å²) in [4.78, 5) is 19.7. The molecule has 0 amide bonds. The van der Waals surface area contributed by atoms with Crippen LogP contribution in [0.5, 0.6) is 0 Å². The number of nitrogens with zero attached hydrogens (tertiary/aromatic N) is 4. The first-order valence-electron chi connectivity index (χ1n) is 7.90. The van der Waals surface area contributed by atoms with E-state index in [0.29, 0.717) is 0 Å². The lowest BCUT2D eigenvalue weighted by molar-refractivity contribution is 0.635. The molecular weight excluding hydrogens is 276 g/mol. The van der Waals surface area contributed by atoms with Gasteiger partial charge in [0.05, 0.1) is 6.20 Å². The van der Waals surface area contributed by atoms with Crippen molar-refractivity contribution >= 4 is 0 Å². The summed E-state index contributed by atoms with van der Waals surface area (Å²) in [5.74, 6) is 3.03. The Labute approximate surface area is 130 Å². The molecule has 0 aliphatic heterocycles. The van der Waals surface area contributed by atoms with E-state index in [1.807, 2.05) is 24.8 Å². The molecule has 116 valence electrons. The van der Waals surface area contributed by atoms with E-state index in [-0.39, 0.29) is 0 Å². The van der Waals surface area contributed by atoms with E-state index in [1.54, 1.807) is 6.20 Å². The molecule has 6 heteroatoms. The van der Waals surface area contributed by atoms with Crippen molar-refractivity contribution in [2.75, 3.05) is 0 Å². The maximum atomic E-state index is 4.46. The number of unbranched alkanes of at least 4 members (excludes halogenated alkanes) is 1. The molecule has 2 N–H and O–H groups in total. The van der Waals surface area contributed by atoms with Gasteiger partial charge in [-0.1, -0.05) is 13.3 Å². The van der Waals surface area contributed by atoms with Gasteiger partial charge in [-0.25, -0.2) is 15.0 Å². The quantitative estimate of drug-likeness (QED) is 0.671. The molecule has 3 aromatic rings. The summed E-state index contributed by atoms with van der Waals surface area (Å²) in [6, 6.07) is 0. The van der Waals surface area contributed by atoms with Crippen molar-refractivity contribution in [1.82, 2.24) is 29.5 Å². The van der Waals surface area contributed by atoms with Crippen molar-refractivity contribution < 1.29 is 0 Å². The Morgan fingerprint density at radius 2 is 1.95 bits per heavy atom. The molecule has 0 spiro atoms. The molecule has 0 aliphatic rings. The molecule has 0 fully saturated rings. The fourth-order valence-electron chi connectivity index (χ4n) is 2.53. The average molecular weight is 298 g/mol. The highest BCUT2D eigenvalue weighted by molar-refractivity contribution is 5.48. The van der Waals surface area contributed by atoms with Crippen LogP contribution < -0.4 is 0 Å². The van der Waals surface area contributed by atoms with E-state index >= 15 is 0 Å². The van der Waals surface area contributed by atoms with Gasteiger partial charge in [-0.05, 0) is 12.8 Å². The largest absolute Gasteiger partial charge is 0.349 e. The first-order valence-corrected chi connectivity index (χ1v) is 7.90. The number of hydrogen-bond donors (Lipinski definition) is 2. The molecule has 3 aromatic heterocycles. The fourth-order valence-corrected chi connectivity index (χ4v) is 2.53. The highest BCUT2D eigenvalue weighted by Crippen LogP contribution is 2.16. The van der Waals surface area contributed by atoms with Crippen LogP contribution in [0.25, 0.3) is 11.5 Å². The Bertz CT molecular complexity index is 679. The zero-order chi connectivity index (χ0) is 15.2. The highest BCUT2D eigenvalue weighted by atomic mass is 15.1. The van der Waals surface area contributed by atoms with E-state index in [0.717, 1.165) is 55.4 Å². The van der Waals surface area contributed by atoms with Gasteiger partial charge in [-0.15, -0.1) is 0 Å². The van der Waals surface area contributed by atoms with E-state index in [1.165, 1.54) is 6.42 Å². The van der Waals surface area contributed by atoms with Crippen molar-refractivity contribution in [2.45, 2.75) is 45.6 Å². The lowest BCUT2D eigenvalue weighted by atomic mass is 10.2. The summed E-state index contributed by atoms with van der Waals surface area (Å²) >= 11 is 0. The molecule has 3 rings (SSSR count). The lowest BCUT2D eigenvalue weighted by Gasteiger charge is -2.05. The molecule has 0 saturated carbocycles. The summed E-state index contributed by atoms with van der Waals surface area (Å²) in [7, 11) is 0. The van der Waals surface area contributed by atoms with E-state index in [2.05, 4.69) is 36.4 Å². The van der Waals surface area contributed by atoms with Crippen LogP contribution in [0.2, 0.25) is 0 Å². The van der Waals surface area contributed by atoms with Crippen LogP contribution in [0.4, 0.5) is 0 Å². The molecule has 0 aromatic carbocycles. The minimum absolute atomic E-state index is 0.916. The normalized spacial score (nSPS) is 11.1. The number of nitrogens with one attached hydrogen (secondary N) is 2. The van der Waals surface area contributed by atoms with Crippen LogP contribution in [-0.4, -0.2) is 29.5 Å². The minimum Gasteiger partial charge on any atom is -0.349 e. The summed E-state index contributed by atoms with van der Waals surface area (Å²) in [5.41, 5.74) is 0.995. The molecule has 0 aliphatic carbocycles. The Morgan fingerprint density at radius 3 is 2.77 bits per heavy atom. The number of aromatic amines is 2. The van der Waals surface area contributed by atoms with E-state index in [9.17, 15) is 0 Å². The monoisotopic (exact) mass is 298 g/mol. The second-order valence-electron chi connectivity index (χ2n) is 5.43. The summed E-state index contributed by atoms with van der Waals surface area (Å²) < 4.78 is 2.17. The zero-order valence-corrected chi connectivity index (χ0v) is 12.9. The van der Waals surface area contributed by atoms with Gasteiger partial charge in [0, 0.05) is 44.2 Å². The van der Waals surface area contributed by atoms with E-state index in [4.69, 9.17) is 0 Å². The Kier molecular flexibility index (Phi) is 4.68. The second kappa shape index (κ2) is 7.06. The van der Waals surface area contributed by atoms with Crippen molar-refractivity contribution in [3.63, 3.8) is 0 Å². The summed E-state index contributed by atoms with van der Waals surface area (Å²) in [6.45, 7) is 3.11. The summed E-state index contributed by atoms with van der Waals surface area (Å²) in [6.07, 6.45) is 14.7. The maximum Gasteiger partial charge on any atom is 0.158 e. The Morgan fingerprint density at radius 1 is 1.05 bits per heavy atom. The number of hydrogen-bond acceptors (Lipinski definition) is 3. The van der Waals surface area contributed by atoms with Gasteiger partial charge >= 0.3 is 0 Å². The molecule has 3 heterocycles. The van der Waals surface area contributed by atoms with Crippen molar-refractivity contribution in [2.24, 2.45) is 0 Å². The summed E-state index contributed by atoms with van der Waals surface area (Å²) in [5, 5.41) is 0. The zero-order valence-electron chi connectivity index (χ0n) is 12.9.